The Bertz CT molecular complexity index is 855. The Morgan fingerprint density at radius 3 is 2.44 bits per heavy atom. The number of hydrogen-bond donors (Lipinski definition) is 0. The van der Waals surface area contributed by atoms with E-state index in [0.29, 0.717) is 11.5 Å². The van der Waals surface area contributed by atoms with Crippen LogP contribution in [0.4, 0.5) is 5.69 Å². The fraction of sp³-hybridized carbons (Fsp3) is 0.238. The van der Waals surface area contributed by atoms with Crippen LogP contribution in [0.25, 0.3) is 6.08 Å². The average Bonchev–Trinajstić information content (AvgIpc) is 2.70. The zero-order valence-corrected chi connectivity index (χ0v) is 15.3. The number of Topliss-reactive ketones (excluding diaryl/α,β-unsaturated/α-hetero) is 1. The highest BCUT2D eigenvalue weighted by Crippen LogP contribution is 2.20. The van der Waals surface area contributed by atoms with Crippen molar-refractivity contribution in [3.63, 3.8) is 0 Å². The topological polar surface area (TPSA) is 86.5 Å². The first kappa shape index (κ1) is 20.0. The van der Waals surface area contributed by atoms with Gasteiger partial charge in [0.25, 0.3) is 5.69 Å². The predicted molar refractivity (Wildman–Crippen MR) is 103 cm³/mol. The quantitative estimate of drug-likeness (QED) is 0.225. The number of carbonyl (C=O) groups excluding carboxylic acids is 2. The molecule has 0 fully saturated rings. The summed E-state index contributed by atoms with van der Waals surface area (Å²) in [5.41, 5.74) is 1.79. The molecule has 6 heteroatoms. The Morgan fingerprint density at radius 1 is 1.15 bits per heavy atom. The van der Waals surface area contributed by atoms with Crippen LogP contribution in [0.15, 0.2) is 54.6 Å². The van der Waals surface area contributed by atoms with Gasteiger partial charge < -0.3 is 4.74 Å². The molecule has 0 spiro atoms. The van der Waals surface area contributed by atoms with E-state index in [9.17, 15) is 19.7 Å². The number of nitro groups is 1. The van der Waals surface area contributed by atoms with Gasteiger partial charge in [0.15, 0.2) is 12.4 Å². The van der Waals surface area contributed by atoms with Crippen LogP contribution in [-0.2, 0) is 9.53 Å². The summed E-state index contributed by atoms with van der Waals surface area (Å²) >= 11 is 0. The number of nitro benzene ring substituents is 1. The molecule has 0 amide bonds. The smallest absolute Gasteiger partial charge is 0.331 e. The summed E-state index contributed by atoms with van der Waals surface area (Å²) in [5.74, 6) is -0.630. The molecule has 0 N–H and O–H groups in total. The second-order valence-corrected chi connectivity index (χ2v) is 6.11. The molecule has 0 unspecified atom stereocenters. The van der Waals surface area contributed by atoms with Gasteiger partial charge in [0.1, 0.15) is 0 Å². The fourth-order valence-electron chi connectivity index (χ4n) is 2.45. The van der Waals surface area contributed by atoms with Crippen molar-refractivity contribution in [1.29, 1.82) is 0 Å². The van der Waals surface area contributed by atoms with Gasteiger partial charge in [-0.15, -0.1) is 0 Å². The Morgan fingerprint density at radius 2 is 1.81 bits per heavy atom. The minimum Gasteiger partial charge on any atom is -0.454 e. The molecule has 2 aromatic rings. The number of ether oxygens (including phenoxy) is 1. The summed E-state index contributed by atoms with van der Waals surface area (Å²) < 4.78 is 4.93. The minimum absolute atomic E-state index is 0.112. The van der Waals surface area contributed by atoms with E-state index in [2.05, 4.69) is 13.8 Å². The largest absolute Gasteiger partial charge is 0.454 e. The maximum atomic E-state index is 12.1. The van der Waals surface area contributed by atoms with E-state index < -0.39 is 10.9 Å². The molecule has 2 aromatic carbocycles. The molecule has 0 bridgehead atoms. The molecule has 0 heterocycles. The zero-order chi connectivity index (χ0) is 19.8. The Hall–Kier alpha value is -3.28. The molecule has 2 rings (SSSR count). The summed E-state index contributed by atoms with van der Waals surface area (Å²) in [6.45, 7) is 3.82. The SMILES string of the molecule is CC[C@H](C)c1ccc(C(=O)COC(=O)/C=C/c2ccccc2[N+](=O)[O-])cc1. The first-order valence-corrected chi connectivity index (χ1v) is 8.63. The van der Waals surface area contributed by atoms with Crippen molar-refractivity contribution < 1.29 is 19.2 Å². The van der Waals surface area contributed by atoms with E-state index in [4.69, 9.17) is 4.74 Å². The molecule has 0 aliphatic rings. The van der Waals surface area contributed by atoms with E-state index >= 15 is 0 Å². The predicted octanol–water partition coefficient (Wildman–Crippen LogP) is 4.55. The molecule has 0 radical (unpaired) electrons. The zero-order valence-electron chi connectivity index (χ0n) is 15.3. The molecular weight excluding hydrogens is 346 g/mol. The number of rotatable bonds is 8. The number of para-hydroxylation sites is 1. The summed E-state index contributed by atoms with van der Waals surface area (Å²) in [7, 11) is 0. The fourth-order valence-corrected chi connectivity index (χ4v) is 2.45. The highest BCUT2D eigenvalue weighted by molar-refractivity contribution is 5.99. The molecule has 1 atom stereocenters. The number of benzene rings is 2. The summed E-state index contributed by atoms with van der Waals surface area (Å²) in [6.07, 6.45) is 3.38. The monoisotopic (exact) mass is 367 g/mol. The third-order valence-electron chi connectivity index (χ3n) is 4.29. The Labute approximate surface area is 157 Å². The van der Waals surface area contributed by atoms with Gasteiger partial charge in [-0.1, -0.05) is 50.2 Å². The van der Waals surface area contributed by atoms with Crippen LogP contribution in [0.2, 0.25) is 0 Å². The van der Waals surface area contributed by atoms with Gasteiger partial charge in [-0.3, -0.25) is 14.9 Å². The van der Waals surface area contributed by atoms with Gasteiger partial charge in [-0.2, -0.15) is 0 Å². The van der Waals surface area contributed by atoms with Crippen molar-refractivity contribution in [2.24, 2.45) is 0 Å². The molecule has 6 nitrogen and oxygen atoms in total. The summed E-state index contributed by atoms with van der Waals surface area (Å²) in [5, 5.41) is 10.9. The summed E-state index contributed by atoms with van der Waals surface area (Å²) in [4.78, 5) is 34.3. The normalized spacial score (nSPS) is 11.9. The van der Waals surface area contributed by atoms with Crippen LogP contribution in [0.3, 0.4) is 0 Å². The van der Waals surface area contributed by atoms with E-state index in [-0.39, 0.29) is 23.6 Å². The van der Waals surface area contributed by atoms with Crippen LogP contribution in [0.1, 0.15) is 47.7 Å². The number of nitrogens with zero attached hydrogens (tertiary/aromatic N) is 1. The molecule has 0 aliphatic heterocycles. The second-order valence-electron chi connectivity index (χ2n) is 6.11. The number of ketones is 1. The highest BCUT2D eigenvalue weighted by atomic mass is 16.6. The molecule has 27 heavy (non-hydrogen) atoms. The molecule has 0 aliphatic carbocycles. The minimum atomic E-state index is -0.738. The van der Waals surface area contributed by atoms with Gasteiger partial charge in [0, 0.05) is 17.7 Å². The van der Waals surface area contributed by atoms with Gasteiger partial charge in [-0.25, -0.2) is 4.79 Å². The van der Waals surface area contributed by atoms with Crippen molar-refractivity contribution in [2.45, 2.75) is 26.2 Å². The third-order valence-corrected chi connectivity index (χ3v) is 4.29. The van der Waals surface area contributed by atoms with E-state index in [0.717, 1.165) is 18.1 Å². The van der Waals surface area contributed by atoms with Crippen molar-refractivity contribution in [3.05, 3.63) is 81.4 Å². The maximum absolute atomic E-state index is 12.1. The highest BCUT2D eigenvalue weighted by Gasteiger charge is 2.12. The van der Waals surface area contributed by atoms with Gasteiger partial charge in [0.05, 0.1) is 10.5 Å². The average molecular weight is 367 g/mol. The summed E-state index contributed by atoms with van der Waals surface area (Å²) in [6, 6.07) is 13.3. The molecular formula is C21H21NO5. The maximum Gasteiger partial charge on any atom is 0.331 e. The van der Waals surface area contributed by atoms with E-state index in [1.165, 1.54) is 18.2 Å². The van der Waals surface area contributed by atoms with E-state index in [1.807, 2.05) is 12.1 Å². The number of esters is 1. The van der Waals surface area contributed by atoms with Gasteiger partial charge in [0.2, 0.25) is 0 Å². The van der Waals surface area contributed by atoms with Crippen molar-refractivity contribution in [2.75, 3.05) is 6.61 Å². The van der Waals surface area contributed by atoms with Crippen LogP contribution >= 0.6 is 0 Å². The Balaban J connectivity index is 1.93. The molecule has 0 saturated heterocycles. The third kappa shape index (κ3) is 5.60. The lowest BCUT2D eigenvalue weighted by molar-refractivity contribution is -0.385. The van der Waals surface area contributed by atoms with Crippen LogP contribution < -0.4 is 0 Å². The second kappa shape index (κ2) is 9.43. The van der Waals surface area contributed by atoms with Crippen LogP contribution in [0.5, 0.6) is 0 Å². The van der Waals surface area contributed by atoms with Crippen molar-refractivity contribution in [3.8, 4) is 0 Å². The van der Waals surface area contributed by atoms with Crippen LogP contribution in [-0.4, -0.2) is 23.3 Å². The number of hydrogen-bond acceptors (Lipinski definition) is 5. The van der Waals surface area contributed by atoms with Gasteiger partial charge in [-0.05, 0) is 30.0 Å². The van der Waals surface area contributed by atoms with E-state index in [1.54, 1.807) is 24.3 Å². The van der Waals surface area contributed by atoms with Crippen molar-refractivity contribution in [1.82, 2.24) is 0 Å². The molecule has 0 aromatic heterocycles. The standard InChI is InChI=1S/C21H21NO5/c1-3-15(2)16-8-10-18(11-9-16)20(23)14-27-21(24)13-12-17-6-4-5-7-19(17)22(25)26/h4-13,15H,3,14H2,1-2H3/b13-12+/t15-/m0/s1. The lowest BCUT2D eigenvalue weighted by Gasteiger charge is -2.09. The Kier molecular flexibility index (Phi) is 7.00. The lowest BCUT2D eigenvalue weighted by Crippen LogP contribution is -2.12. The molecule has 140 valence electrons. The van der Waals surface area contributed by atoms with Gasteiger partial charge >= 0.3 is 5.97 Å². The first-order chi connectivity index (χ1) is 12.9. The van der Waals surface area contributed by atoms with Crippen LogP contribution in [0, 0.1) is 10.1 Å². The number of carbonyl (C=O) groups is 2. The lowest BCUT2D eigenvalue weighted by atomic mass is 9.97. The first-order valence-electron chi connectivity index (χ1n) is 8.63. The van der Waals surface area contributed by atoms with Crippen molar-refractivity contribution >= 4 is 23.5 Å². The molecule has 0 saturated carbocycles.